The molecule has 0 aliphatic rings. The summed E-state index contributed by atoms with van der Waals surface area (Å²) in [5, 5.41) is 0. The topological polar surface area (TPSA) is 17.3 Å². The monoisotopic (exact) mass is 258 g/mol. The Bertz CT molecular complexity index is 392. The number of halogens is 1. The Morgan fingerprint density at radius 1 is 1.55 bits per heavy atom. The Balaban J connectivity index is 2.94. The lowest BCUT2D eigenvalue weighted by Gasteiger charge is -1.96. The number of hydrogen-bond acceptors (Lipinski definition) is 1. The first-order valence-electron chi connectivity index (χ1n) is 3.37. The number of pyridine rings is 1. The summed E-state index contributed by atoms with van der Waals surface area (Å²) in [6.07, 6.45) is 3.93. The van der Waals surface area contributed by atoms with Crippen LogP contribution in [0, 0.1) is 10.5 Å². The van der Waals surface area contributed by atoms with Crippen molar-refractivity contribution in [3.05, 3.63) is 33.9 Å². The Hall–Kier alpha value is -0.580. The first-order valence-corrected chi connectivity index (χ1v) is 4.45. The van der Waals surface area contributed by atoms with Crippen LogP contribution in [0.15, 0.2) is 24.5 Å². The van der Waals surface area contributed by atoms with Crippen LogP contribution in [0.2, 0.25) is 0 Å². The van der Waals surface area contributed by atoms with E-state index in [1.165, 1.54) is 9.09 Å². The molecule has 11 heavy (non-hydrogen) atoms. The SMILES string of the molecule is Cc1ncc2c(I)cccn12. The third-order valence-corrected chi connectivity index (χ3v) is 2.62. The molecule has 2 heterocycles. The maximum Gasteiger partial charge on any atom is 0.110 e. The molecule has 2 aromatic heterocycles. The molecule has 0 spiro atoms. The van der Waals surface area contributed by atoms with Crippen molar-refractivity contribution in [2.45, 2.75) is 6.92 Å². The van der Waals surface area contributed by atoms with Crippen molar-refractivity contribution in [2.75, 3.05) is 0 Å². The molecule has 0 aliphatic heterocycles. The maximum atomic E-state index is 4.21. The van der Waals surface area contributed by atoms with Crippen LogP contribution in [0.5, 0.6) is 0 Å². The molecule has 56 valence electrons. The van der Waals surface area contributed by atoms with Gasteiger partial charge in [0, 0.05) is 9.77 Å². The molecule has 2 aromatic rings. The number of imidazole rings is 1. The van der Waals surface area contributed by atoms with Gasteiger partial charge in [0.1, 0.15) is 5.82 Å². The summed E-state index contributed by atoms with van der Waals surface area (Å²) in [5.41, 5.74) is 1.19. The van der Waals surface area contributed by atoms with Gasteiger partial charge in [-0.3, -0.25) is 0 Å². The molecule has 2 rings (SSSR count). The molecule has 0 radical (unpaired) electrons. The maximum absolute atomic E-state index is 4.21. The van der Waals surface area contributed by atoms with Crippen LogP contribution in [0.1, 0.15) is 5.82 Å². The average Bonchev–Trinajstić information content (AvgIpc) is 2.35. The quantitative estimate of drug-likeness (QED) is 0.662. The second-order valence-corrected chi connectivity index (χ2v) is 3.58. The Kier molecular flexibility index (Phi) is 1.60. The summed E-state index contributed by atoms with van der Waals surface area (Å²) < 4.78 is 3.33. The fraction of sp³-hybridized carbons (Fsp3) is 0.125. The fourth-order valence-corrected chi connectivity index (χ4v) is 1.72. The molecule has 0 amide bonds. The number of nitrogens with zero attached hydrogens (tertiary/aromatic N) is 2. The van der Waals surface area contributed by atoms with Crippen LogP contribution in [-0.4, -0.2) is 9.38 Å². The van der Waals surface area contributed by atoms with Crippen LogP contribution in [0.25, 0.3) is 5.52 Å². The van der Waals surface area contributed by atoms with Crippen molar-refractivity contribution >= 4 is 28.1 Å². The molecule has 3 heteroatoms. The van der Waals surface area contributed by atoms with E-state index in [4.69, 9.17) is 0 Å². The Morgan fingerprint density at radius 3 is 3.09 bits per heavy atom. The third kappa shape index (κ3) is 1.03. The second kappa shape index (κ2) is 2.48. The minimum Gasteiger partial charge on any atom is -0.303 e. The molecule has 0 N–H and O–H groups in total. The first kappa shape index (κ1) is 7.09. The van der Waals surface area contributed by atoms with Crippen LogP contribution < -0.4 is 0 Å². The van der Waals surface area contributed by atoms with Crippen molar-refractivity contribution < 1.29 is 0 Å². The van der Waals surface area contributed by atoms with Crippen molar-refractivity contribution in [3.8, 4) is 0 Å². The van der Waals surface area contributed by atoms with E-state index in [9.17, 15) is 0 Å². The highest BCUT2D eigenvalue weighted by molar-refractivity contribution is 14.1. The summed E-state index contributed by atoms with van der Waals surface area (Å²) >= 11 is 2.31. The number of rotatable bonds is 0. The third-order valence-electron chi connectivity index (χ3n) is 1.70. The van der Waals surface area contributed by atoms with Crippen LogP contribution >= 0.6 is 22.6 Å². The van der Waals surface area contributed by atoms with Crippen LogP contribution in [0.4, 0.5) is 0 Å². The second-order valence-electron chi connectivity index (χ2n) is 2.42. The van der Waals surface area contributed by atoms with Crippen LogP contribution in [0.3, 0.4) is 0 Å². The van der Waals surface area contributed by atoms with E-state index < -0.39 is 0 Å². The van der Waals surface area contributed by atoms with Gasteiger partial charge in [0.15, 0.2) is 0 Å². The Labute approximate surface area is 78.4 Å². The van der Waals surface area contributed by atoms with E-state index in [1.54, 1.807) is 0 Å². The average molecular weight is 258 g/mol. The predicted octanol–water partition coefficient (Wildman–Crippen LogP) is 2.25. The zero-order valence-electron chi connectivity index (χ0n) is 6.08. The largest absolute Gasteiger partial charge is 0.303 e. The standard InChI is InChI=1S/C8H7IN2/c1-6-10-5-8-7(9)3-2-4-11(6)8/h2-5H,1H3. The molecule has 0 saturated carbocycles. The van der Waals surface area contributed by atoms with Gasteiger partial charge in [-0.25, -0.2) is 4.98 Å². The van der Waals surface area contributed by atoms with Gasteiger partial charge in [-0.2, -0.15) is 0 Å². The van der Waals surface area contributed by atoms with Gasteiger partial charge < -0.3 is 4.40 Å². The molecule has 0 saturated heterocycles. The highest BCUT2D eigenvalue weighted by Gasteiger charge is 1.99. The summed E-state index contributed by atoms with van der Waals surface area (Å²) in [6, 6.07) is 4.11. The van der Waals surface area contributed by atoms with E-state index >= 15 is 0 Å². The van der Waals surface area contributed by atoms with E-state index in [0.717, 1.165) is 5.82 Å². The molecule has 0 fully saturated rings. The molecule has 0 atom stereocenters. The molecule has 0 unspecified atom stereocenters. The van der Waals surface area contributed by atoms with E-state index in [1.807, 2.05) is 25.4 Å². The van der Waals surface area contributed by atoms with Gasteiger partial charge in [0.25, 0.3) is 0 Å². The summed E-state index contributed by atoms with van der Waals surface area (Å²) in [7, 11) is 0. The van der Waals surface area contributed by atoms with Crippen molar-refractivity contribution in [1.82, 2.24) is 9.38 Å². The number of hydrogen-bond donors (Lipinski definition) is 0. The highest BCUT2D eigenvalue weighted by atomic mass is 127. The minimum absolute atomic E-state index is 1.04. The van der Waals surface area contributed by atoms with Crippen molar-refractivity contribution in [2.24, 2.45) is 0 Å². The van der Waals surface area contributed by atoms with Crippen LogP contribution in [-0.2, 0) is 0 Å². The lowest BCUT2D eigenvalue weighted by Crippen LogP contribution is -1.87. The summed E-state index contributed by atoms with van der Waals surface area (Å²) in [4.78, 5) is 4.21. The smallest absolute Gasteiger partial charge is 0.110 e. The fourth-order valence-electron chi connectivity index (χ4n) is 1.12. The summed E-state index contributed by atoms with van der Waals surface area (Å²) in [6.45, 7) is 2.00. The van der Waals surface area contributed by atoms with E-state index in [2.05, 4.69) is 38.0 Å². The molecule has 2 nitrogen and oxygen atoms in total. The Morgan fingerprint density at radius 2 is 2.36 bits per heavy atom. The molecular weight excluding hydrogens is 251 g/mol. The number of fused-ring (bicyclic) bond motifs is 1. The number of aromatic nitrogens is 2. The molecule has 0 aromatic carbocycles. The van der Waals surface area contributed by atoms with Crippen molar-refractivity contribution in [3.63, 3.8) is 0 Å². The lowest BCUT2D eigenvalue weighted by atomic mass is 10.4. The molecule has 0 bridgehead atoms. The van der Waals surface area contributed by atoms with Gasteiger partial charge in [-0.15, -0.1) is 0 Å². The van der Waals surface area contributed by atoms with Crippen molar-refractivity contribution in [1.29, 1.82) is 0 Å². The minimum atomic E-state index is 1.04. The zero-order valence-corrected chi connectivity index (χ0v) is 8.24. The highest BCUT2D eigenvalue weighted by Crippen LogP contribution is 2.13. The summed E-state index contributed by atoms with van der Waals surface area (Å²) in [5.74, 6) is 1.04. The molecular formula is C8H7IN2. The van der Waals surface area contributed by atoms with Gasteiger partial charge in [0.05, 0.1) is 11.7 Å². The number of aryl methyl sites for hydroxylation is 1. The van der Waals surface area contributed by atoms with E-state index in [-0.39, 0.29) is 0 Å². The zero-order chi connectivity index (χ0) is 7.84. The van der Waals surface area contributed by atoms with Gasteiger partial charge in [-0.1, -0.05) is 0 Å². The molecule has 0 aliphatic carbocycles. The first-order chi connectivity index (χ1) is 5.29. The van der Waals surface area contributed by atoms with Gasteiger partial charge in [0.2, 0.25) is 0 Å². The normalized spacial score (nSPS) is 10.7. The van der Waals surface area contributed by atoms with E-state index in [0.29, 0.717) is 0 Å². The predicted molar refractivity (Wildman–Crippen MR) is 52.6 cm³/mol. The lowest BCUT2D eigenvalue weighted by molar-refractivity contribution is 1.04. The van der Waals surface area contributed by atoms with Gasteiger partial charge >= 0.3 is 0 Å². The van der Waals surface area contributed by atoms with Gasteiger partial charge in [-0.05, 0) is 41.6 Å².